The Hall–Kier alpha value is -4.25. The number of halogens is 6. The number of carbonyl (C=O) groups is 1. The summed E-state index contributed by atoms with van der Waals surface area (Å²) in [5.74, 6) is -0.186. The van der Waals surface area contributed by atoms with Gasteiger partial charge in [-0.05, 0) is 60.9 Å². The maximum Gasteiger partial charge on any atom is 0.430 e. The van der Waals surface area contributed by atoms with Gasteiger partial charge < -0.3 is 19.6 Å². The summed E-state index contributed by atoms with van der Waals surface area (Å²) in [6.45, 7) is 2.38. The number of alkyl halides is 6. The van der Waals surface area contributed by atoms with Gasteiger partial charge in [0.2, 0.25) is 0 Å². The molecule has 2 aromatic heterocycles. The second-order valence-corrected chi connectivity index (χ2v) is 10.4. The van der Waals surface area contributed by atoms with Gasteiger partial charge in [-0.3, -0.25) is 4.79 Å². The first-order valence-electron chi connectivity index (χ1n) is 13.1. The first-order chi connectivity index (χ1) is 19.7. The van der Waals surface area contributed by atoms with Gasteiger partial charge in [0.15, 0.2) is 0 Å². The van der Waals surface area contributed by atoms with Crippen LogP contribution in [0, 0.1) is 6.92 Å². The number of rotatable bonds is 7. The fourth-order valence-corrected chi connectivity index (χ4v) is 5.27. The molecule has 5 nitrogen and oxygen atoms in total. The van der Waals surface area contributed by atoms with Gasteiger partial charge in [-0.25, -0.2) is 0 Å². The molecule has 0 atom stereocenters. The number of likely N-dealkylation sites (N-methyl/N-ethyl adjacent to an activating group) is 1. The molecule has 11 heteroatoms. The van der Waals surface area contributed by atoms with E-state index in [9.17, 15) is 36.2 Å². The first-order valence-corrected chi connectivity index (χ1v) is 13.1. The van der Waals surface area contributed by atoms with Crippen LogP contribution in [0.4, 0.5) is 26.3 Å². The molecule has 5 aromatic rings. The first kappa shape index (κ1) is 29.2. The highest BCUT2D eigenvalue weighted by molar-refractivity contribution is 5.94. The van der Waals surface area contributed by atoms with Crippen LogP contribution in [0.3, 0.4) is 0 Å². The molecule has 0 aliphatic heterocycles. The number of aromatic amines is 1. The minimum Gasteiger partial charge on any atom is -0.369 e. The van der Waals surface area contributed by atoms with Gasteiger partial charge in [-0.2, -0.15) is 26.3 Å². The van der Waals surface area contributed by atoms with E-state index in [-0.39, 0.29) is 17.8 Å². The van der Waals surface area contributed by atoms with E-state index in [1.807, 2.05) is 30.5 Å². The van der Waals surface area contributed by atoms with E-state index < -0.39 is 23.5 Å². The third kappa shape index (κ3) is 5.13. The Balaban J connectivity index is 1.36. The van der Waals surface area contributed by atoms with Crippen LogP contribution in [0.1, 0.15) is 32.7 Å². The Morgan fingerprint density at radius 3 is 2.36 bits per heavy atom. The zero-order chi connectivity index (χ0) is 30.4. The third-order valence-electron chi connectivity index (χ3n) is 7.60. The van der Waals surface area contributed by atoms with E-state index in [4.69, 9.17) is 0 Å². The van der Waals surface area contributed by atoms with Crippen LogP contribution >= 0.6 is 0 Å². The lowest BCUT2D eigenvalue weighted by Gasteiger charge is -2.32. The number of hydrogen-bond acceptors (Lipinski definition) is 2. The predicted octanol–water partition coefficient (Wildman–Crippen LogP) is 7.11. The number of aliphatic hydroxyl groups is 1. The number of para-hydroxylation sites is 1. The SMILES string of the molecule is Cc1cc2cc(C(O)(C(F)(F)F)C(F)(F)F)ccc2n1Cc1cccc(C(=O)N(C)CCc2c[nH]c3ccccc23)c1. The summed E-state index contributed by atoms with van der Waals surface area (Å²) in [4.78, 5) is 18.0. The smallest absolute Gasteiger partial charge is 0.369 e. The van der Waals surface area contributed by atoms with E-state index >= 15 is 0 Å². The summed E-state index contributed by atoms with van der Waals surface area (Å²) < 4.78 is 82.1. The fourth-order valence-electron chi connectivity index (χ4n) is 5.27. The minimum atomic E-state index is -5.97. The predicted molar refractivity (Wildman–Crippen MR) is 147 cm³/mol. The van der Waals surface area contributed by atoms with Crippen LogP contribution in [0.5, 0.6) is 0 Å². The Bertz CT molecular complexity index is 1750. The maximum absolute atomic E-state index is 13.4. The molecule has 1 amide bonds. The second-order valence-electron chi connectivity index (χ2n) is 10.4. The van der Waals surface area contributed by atoms with E-state index in [2.05, 4.69) is 4.98 Å². The van der Waals surface area contributed by atoms with Crippen molar-refractivity contribution in [2.45, 2.75) is 37.8 Å². The number of nitrogens with one attached hydrogen (secondary N) is 1. The summed E-state index contributed by atoms with van der Waals surface area (Å²) in [6.07, 6.45) is -9.35. The molecule has 0 unspecified atom stereocenters. The topological polar surface area (TPSA) is 61.3 Å². The van der Waals surface area contributed by atoms with Crippen molar-refractivity contribution in [3.05, 3.63) is 107 Å². The number of fused-ring (bicyclic) bond motifs is 2. The molecule has 2 heterocycles. The van der Waals surface area contributed by atoms with Crippen molar-refractivity contribution in [3.8, 4) is 0 Å². The summed E-state index contributed by atoms with van der Waals surface area (Å²) in [6, 6.07) is 18.8. The van der Waals surface area contributed by atoms with Gasteiger partial charge in [-0.1, -0.05) is 36.4 Å². The van der Waals surface area contributed by atoms with Crippen LogP contribution in [-0.4, -0.2) is 51.4 Å². The standard InChI is InChI=1S/C31H27F6N3O2/c1-19-14-23-16-24(29(42,30(32,33)34)31(35,36)37)10-11-27(23)40(19)18-20-6-5-7-21(15-20)28(41)39(2)13-12-22-17-38-26-9-4-3-8-25(22)26/h3-11,14-17,38,42H,12-13,18H2,1-2H3. The van der Waals surface area contributed by atoms with Gasteiger partial charge in [0.25, 0.3) is 11.5 Å². The molecule has 0 radical (unpaired) electrons. The highest BCUT2D eigenvalue weighted by Gasteiger charge is 2.71. The van der Waals surface area contributed by atoms with Crippen molar-refractivity contribution in [2.75, 3.05) is 13.6 Å². The Kier molecular flexibility index (Phi) is 7.34. The number of benzene rings is 3. The van der Waals surface area contributed by atoms with Crippen molar-refractivity contribution < 1.29 is 36.2 Å². The van der Waals surface area contributed by atoms with E-state index in [1.54, 1.807) is 47.7 Å². The average molecular weight is 588 g/mol. The summed E-state index contributed by atoms with van der Waals surface area (Å²) >= 11 is 0. The number of hydrogen-bond donors (Lipinski definition) is 2. The van der Waals surface area contributed by atoms with Crippen LogP contribution in [0.15, 0.2) is 79.0 Å². The highest BCUT2D eigenvalue weighted by Crippen LogP contribution is 2.50. The normalized spacial score (nSPS) is 12.8. The molecule has 0 spiro atoms. The minimum absolute atomic E-state index is 0.112. The van der Waals surface area contributed by atoms with Gasteiger partial charge in [0, 0.05) is 65.0 Å². The Morgan fingerprint density at radius 2 is 1.64 bits per heavy atom. The van der Waals surface area contributed by atoms with Gasteiger partial charge in [0.05, 0.1) is 0 Å². The van der Waals surface area contributed by atoms with E-state index in [1.165, 1.54) is 6.07 Å². The lowest BCUT2D eigenvalue weighted by molar-refractivity contribution is -0.376. The summed E-state index contributed by atoms with van der Waals surface area (Å²) in [5.41, 5.74) is -2.05. The molecule has 0 saturated heterocycles. The number of aromatic nitrogens is 2. The molecule has 0 aliphatic carbocycles. The van der Waals surface area contributed by atoms with E-state index in [0.29, 0.717) is 41.9 Å². The van der Waals surface area contributed by atoms with Crippen LogP contribution in [-0.2, 0) is 18.6 Å². The van der Waals surface area contributed by atoms with Crippen molar-refractivity contribution in [3.63, 3.8) is 0 Å². The number of H-pyrrole nitrogens is 1. The number of aryl methyl sites for hydroxylation is 1. The molecule has 2 N–H and O–H groups in total. The number of amides is 1. The second kappa shape index (κ2) is 10.5. The zero-order valence-corrected chi connectivity index (χ0v) is 22.6. The molecule has 0 saturated carbocycles. The van der Waals surface area contributed by atoms with Crippen molar-refractivity contribution >= 4 is 27.7 Å². The third-order valence-corrected chi connectivity index (χ3v) is 7.60. The van der Waals surface area contributed by atoms with Crippen LogP contribution in [0.2, 0.25) is 0 Å². The van der Waals surface area contributed by atoms with Crippen LogP contribution in [0.25, 0.3) is 21.8 Å². The Morgan fingerprint density at radius 1 is 0.929 bits per heavy atom. The molecule has 5 rings (SSSR count). The van der Waals surface area contributed by atoms with E-state index in [0.717, 1.165) is 28.1 Å². The van der Waals surface area contributed by atoms with Gasteiger partial charge >= 0.3 is 12.4 Å². The molecule has 0 fully saturated rings. The maximum atomic E-state index is 13.4. The van der Waals surface area contributed by atoms with Crippen LogP contribution < -0.4 is 0 Å². The van der Waals surface area contributed by atoms with Crippen molar-refractivity contribution in [2.24, 2.45) is 0 Å². The lowest BCUT2D eigenvalue weighted by atomic mass is 9.91. The van der Waals surface area contributed by atoms with Crippen molar-refractivity contribution in [1.82, 2.24) is 14.5 Å². The number of nitrogens with zero attached hydrogens (tertiary/aromatic N) is 2. The Labute approximate surface area is 237 Å². The lowest BCUT2D eigenvalue weighted by Crippen LogP contribution is -2.53. The van der Waals surface area contributed by atoms with Crippen molar-refractivity contribution in [1.29, 1.82) is 0 Å². The average Bonchev–Trinajstić information content (AvgIpc) is 3.49. The monoisotopic (exact) mass is 587 g/mol. The summed E-state index contributed by atoms with van der Waals surface area (Å²) in [5, 5.41) is 11.0. The molecule has 220 valence electrons. The quantitative estimate of drug-likeness (QED) is 0.200. The largest absolute Gasteiger partial charge is 0.430 e. The molecule has 0 bridgehead atoms. The van der Waals surface area contributed by atoms with Gasteiger partial charge in [-0.15, -0.1) is 0 Å². The molecule has 3 aromatic carbocycles. The molecular weight excluding hydrogens is 560 g/mol. The fraction of sp³-hybridized carbons (Fsp3) is 0.258. The zero-order valence-electron chi connectivity index (χ0n) is 22.6. The molecule has 0 aliphatic rings. The molecule has 42 heavy (non-hydrogen) atoms. The molecular formula is C31H27F6N3O2. The highest BCUT2D eigenvalue weighted by atomic mass is 19.4. The van der Waals surface area contributed by atoms with Gasteiger partial charge in [0.1, 0.15) is 0 Å². The number of carbonyl (C=O) groups excluding carboxylic acids is 1. The summed E-state index contributed by atoms with van der Waals surface area (Å²) in [7, 11) is 1.72.